The van der Waals surface area contributed by atoms with Crippen molar-refractivity contribution >= 4 is 22.4 Å². The summed E-state index contributed by atoms with van der Waals surface area (Å²) in [6, 6.07) is 15.7. The number of para-hydroxylation sites is 1. The van der Waals surface area contributed by atoms with Crippen LogP contribution in [0.25, 0.3) is 0 Å². The number of rotatable bonds is 5. The molecular weight excluding hydrogens is 396 g/mol. The van der Waals surface area contributed by atoms with E-state index >= 15 is 0 Å². The maximum absolute atomic E-state index is 12.8. The van der Waals surface area contributed by atoms with E-state index in [9.17, 15) is 4.79 Å². The SMILES string of the molecule is O=C(Nc1nc(C2COc3ccccc3C2)cs1)c1cccn1Cc1ccncc1. The van der Waals surface area contributed by atoms with Gasteiger partial charge in [-0.2, -0.15) is 0 Å². The Morgan fingerprint density at radius 3 is 2.93 bits per heavy atom. The predicted octanol–water partition coefficient (Wildman–Crippen LogP) is 4.36. The molecule has 1 atom stereocenters. The summed E-state index contributed by atoms with van der Waals surface area (Å²) in [5.41, 5.74) is 3.83. The van der Waals surface area contributed by atoms with Gasteiger partial charge in [0.25, 0.3) is 5.91 Å². The Morgan fingerprint density at radius 1 is 1.17 bits per heavy atom. The van der Waals surface area contributed by atoms with Gasteiger partial charge in [0.15, 0.2) is 5.13 Å². The molecule has 1 aliphatic rings. The minimum Gasteiger partial charge on any atom is -0.493 e. The summed E-state index contributed by atoms with van der Waals surface area (Å²) >= 11 is 1.44. The molecular formula is C23H20N4O2S. The Morgan fingerprint density at radius 2 is 2.03 bits per heavy atom. The Labute approximate surface area is 178 Å². The molecule has 3 aromatic heterocycles. The van der Waals surface area contributed by atoms with Gasteiger partial charge in [-0.1, -0.05) is 18.2 Å². The minimum absolute atomic E-state index is 0.166. The molecule has 1 unspecified atom stereocenters. The smallest absolute Gasteiger partial charge is 0.274 e. The van der Waals surface area contributed by atoms with Gasteiger partial charge in [-0.15, -0.1) is 11.3 Å². The van der Waals surface area contributed by atoms with Crippen molar-refractivity contribution in [3.05, 3.63) is 95.0 Å². The zero-order chi connectivity index (χ0) is 20.3. The van der Waals surface area contributed by atoms with Crippen LogP contribution in [0.15, 0.2) is 72.5 Å². The number of thiazole rings is 1. The van der Waals surface area contributed by atoms with Crippen LogP contribution in [0.4, 0.5) is 5.13 Å². The van der Waals surface area contributed by atoms with Gasteiger partial charge in [-0.05, 0) is 47.9 Å². The Balaban J connectivity index is 1.27. The van der Waals surface area contributed by atoms with Crippen LogP contribution in [0, 0.1) is 0 Å². The van der Waals surface area contributed by atoms with Gasteiger partial charge < -0.3 is 9.30 Å². The van der Waals surface area contributed by atoms with Crippen LogP contribution >= 0.6 is 11.3 Å². The van der Waals surface area contributed by atoms with E-state index in [0.29, 0.717) is 24.0 Å². The van der Waals surface area contributed by atoms with Crippen LogP contribution in [0.5, 0.6) is 5.75 Å². The molecule has 1 aliphatic heterocycles. The molecule has 0 spiro atoms. The highest BCUT2D eigenvalue weighted by atomic mass is 32.1. The minimum atomic E-state index is -0.166. The molecule has 4 heterocycles. The van der Waals surface area contributed by atoms with Crippen molar-refractivity contribution in [2.24, 2.45) is 0 Å². The van der Waals surface area contributed by atoms with Gasteiger partial charge in [0, 0.05) is 36.4 Å². The number of pyridine rings is 1. The van der Waals surface area contributed by atoms with Crippen molar-refractivity contribution in [1.82, 2.24) is 14.5 Å². The lowest BCUT2D eigenvalue weighted by molar-refractivity contribution is 0.101. The van der Waals surface area contributed by atoms with E-state index in [1.54, 1.807) is 12.4 Å². The predicted molar refractivity (Wildman–Crippen MR) is 116 cm³/mol. The molecule has 0 bridgehead atoms. The number of hydrogen-bond acceptors (Lipinski definition) is 5. The molecule has 7 heteroatoms. The van der Waals surface area contributed by atoms with Crippen LogP contribution in [0.1, 0.15) is 33.2 Å². The standard InChI is InChI=1S/C23H20N4O2S/c28-22(20-5-3-11-27(20)13-16-7-9-24-10-8-16)26-23-25-19(15-30-23)18-12-17-4-1-2-6-21(17)29-14-18/h1-11,15,18H,12-14H2,(H,25,26,28). The summed E-state index contributed by atoms with van der Waals surface area (Å²) < 4.78 is 7.80. The zero-order valence-corrected chi connectivity index (χ0v) is 17.0. The van der Waals surface area contributed by atoms with Gasteiger partial charge in [0.05, 0.1) is 12.3 Å². The van der Waals surface area contributed by atoms with Crippen LogP contribution in [0.3, 0.4) is 0 Å². The Bertz CT molecular complexity index is 1170. The number of amides is 1. The molecule has 150 valence electrons. The number of carbonyl (C=O) groups is 1. The summed E-state index contributed by atoms with van der Waals surface area (Å²) in [5.74, 6) is 0.977. The second kappa shape index (κ2) is 8.12. The summed E-state index contributed by atoms with van der Waals surface area (Å²) in [5, 5.41) is 5.55. The lowest BCUT2D eigenvalue weighted by Crippen LogP contribution is -2.20. The molecule has 0 saturated carbocycles. The molecule has 30 heavy (non-hydrogen) atoms. The fourth-order valence-corrected chi connectivity index (χ4v) is 4.44. The normalized spacial score (nSPS) is 15.3. The number of carbonyl (C=O) groups excluding carboxylic acids is 1. The van der Waals surface area contributed by atoms with E-state index in [1.165, 1.54) is 16.9 Å². The van der Waals surface area contributed by atoms with E-state index in [-0.39, 0.29) is 11.8 Å². The van der Waals surface area contributed by atoms with Gasteiger partial charge >= 0.3 is 0 Å². The third-order valence-electron chi connectivity index (χ3n) is 5.20. The van der Waals surface area contributed by atoms with Crippen molar-refractivity contribution < 1.29 is 9.53 Å². The maximum atomic E-state index is 12.8. The lowest BCUT2D eigenvalue weighted by Gasteiger charge is -2.23. The molecule has 0 radical (unpaired) electrons. The third kappa shape index (κ3) is 3.84. The van der Waals surface area contributed by atoms with Gasteiger partial charge in [-0.3, -0.25) is 15.1 Å². The Hall–Kier alpha value is -3.45. The third-order valence-corrected chi connectivity index (χ3v) is 5.98. The first-order chi connectivity index (χ1) is 14.8. The molecule has 0 fully saturated rings. The number of nitrogens with zero attached hydrogens (tertiary/aromatic N) is 3. The van der Waals surface area contributed by atoms with E-state index < -0.39 is 0 Å². The highest BCUT2D eigenvalue weighted by Crippen LogP contribution is 2.33. The number of aromatic nitrogens is 3. The molecule has 1 aromatic carbocycles. The quantitative estimate of drug-likeness (QED) is 0.525. The van der Waals surface area contributed by atoms with E-state index in [4.69, 9.17) is 4.74 Å². The first kappa shape index (κ1) is 18.6. The van der Waals surface area contributed by atoms with Crippen molar-refractivity contribution in [3.63, 3.8) is 0 Å². The fourth-order valence-electron chi connectivity index (χ4n) is 3.65. The Kier molecular flexibility index (Phi) is 5.03. The van der Waals surface area contributed by atoms with Crippen molar-refractivity contribution in [2.45, 2.75) is 18.9 Å². The van der Waals surface area contributed by atoms with Gasteiger partial charge in [0.2, 0.25) is 0 Å². The molecule has 0 aliphatic carbocycles. The van der Waals surface area contributed by atoms with Crippen LogP contribution in [-0.4, -0.2) is 27.0 Å². The molecule has 0 saturated heterocycles. The summed E-state index contributed by atoms with van der Waals surface area (Å²) in [4.78, 5) is 21.5. The van der Waals surface area contributed by atoms with Crippen LogP contribution in [0.2, 0.25) is 0 Å². The molecule has 6 nitrogen and oxygen atoms in total. The molecule has 4 aromatic rings. The molecule has 1 amide bonds. The number of benzene rings is 1. The highest BCUT2D eigenvalue weighted by molar-refractivity contribution is 7.14. The number of hydrogen-bond donors (Lipinski definition) is 1. The number of anilines is 1. The summed E-state index contributed by atoms with van der Waals surface area (Å²) in [7, 11) is 0. The van der Waals surface area contributed by atoms with Crippen molar-refractivity contribution in [1.29, 1.82) is 0 Å². The first-order valence-electron chi connectivity index (χ1n) is 9.78. The van der Waals surface area contributed by atoms with Crippen molar-refractivity contribution in [2.75, 3.05) is 11.9 Å². The average molecular weight is 417 g/mol. The monoisotopic (exact) mass is 416 g/mol. The topological polar surface area (TPSA) is 69.0 Å². The zero-order valence-electron chi connectivity index (χ0n) is 16.2. The summed E-state index contributed by atoms with van der Waals surface area (Å²) in [6.07, 6.45) is 6.30. The number of ether oxygens (including phenoxy) is 1. The summed E-state index contributed by atoms with van der Waals surface area (Å²) in [6.45, 7) is 1.21. The highest BCUT2D eigenvalue weighted by Gasteiger charge is 2.23. The lowest BCUT2D eigenvalue weighted by atomic mass is 9.95. The average Bonchev–Trinajstić information content (AvgIpc) is 3.44. The number of nitrogens with one attached hydrogen (secondary N) is 1. The van der Waals surface area contributed by atoms with Crippen LogP contribution < -0.4 is 10.1 Å². The van der Waals surface area contributed by atoms with Crippen LogP contribution in [-0.2, 0) is 13.0 Å². The largest absolute Gasteiger partial charge is 0.493 e. The number of fused-ring (bicyclic) bond motifs is 1. The fraction of sp³-hybridized carbons (Fsp3) is 0.174. The second-order valence-corrected chi connectivity index (χ2v) is 8.09. The second-order valence-electron chi connectivity index (χ2n) is 7.23. The maximum Gasteiger partial charge on any atom is 0.274 e. The van der Waals surface area contributed by atoms with Gasteiger partial charge in [0.1, 0.15) is 11.4 Å². The molecule has 5 rings (SSSR count). The van der Waals surface area contributed by atoms with Crippen molar-refractivity contribution in [3.8, 4) is 5.75 Å². The van der Waals surface area contributed by atoms with E-state index in [1.807, 2.05) is 58.6 Å². The molecule has 1 N–H and O–H groups in total. The van der Waals surface area contributed by atoms with E-state index in [0.717, 1.165) is 23.4 Å². The first-order valence-corrected chi connectivity index (χ1v) is 10.7. The van der Waals surface area contributed by atoms with Gasteiger partial charge in [-0.25, -0.2) is 4.98 Å². The van der Waals surface area contributed by atoms with E-state index in [2.05, 4.69) is 21.4 Å².